The topological polar surface area (TPSA) is 64.3 Å². The molecule has 0 saturated carbocycles. The van der Waals surface area contributed by atoms with E-state index in [2.05, 4.69) is 5.32 Å². The van der Waals surface area contributed by atoms with Gasteiger partial charge in [-0.2, -0.15) is 0 Å². The zero-order chi connectivity index (χ0) is 11.3. The molecule has 1 heterocycles. The summed E-state index contributed by atoms with van der Waals surface area (Å²) in [6, 6.07) is 0. The maximum absolute atomic E-state index is 11.6. The van der Waals surface area contributed by atoms with Gasteiger partial charge in [0.1, 0.15) is 0 Å². The van der Waals surface area contributed by atoms with Crippen molar-refractivity contribution >= 4 is 5.91 Å². The molecule has 4 nitrogen and oxygen atoms in total. The van der Waals surface area contributed by atoms with Crippen molar-refractivity contribution in [2.24, 2.45) is 5.73 Å². The van der Waals surface area contributed by atoms with Gasteiger partial charge in [-0.25, -0.2) is 0 Å². The molecule has 0 aliphatic carbocycles. The summed E-state index contributed by atoms with van der Waals surface area (Å²) >= 11 is 0. The van der Waals surface area contributed by atoms with E-state index in [1.165, 1.54) is 0 Å². The Labute approximate surface area is 91.5 Å². The number of nitrogens with two attached hydrogens (primary N) is 1. The van der Waals surface area contributed by atoms with E-state index in [1.807, 2.05) is 13.8 Å². The van der Waals surface area contributed by atoms with E-state index >= 15 is 0 Å². The van der Waals surface area contributed by atoms with Gasteiger partial charge in [0.2, 0.25) is 5.91 Å². The number of carbonyl (C=O) groups excluding carboxylic acids is 1. The predicted molar refractivity (Wildman–Crippen MR) is 59.5 cm³/mol. The number of carbonyl (C=O) groups is 1. The number of hydrogen-bond acceptors (Lipinski definition) is 3. The Morgan fingerprint density at radius 3 is 2.87 bits per heavy atom. The van der Waals surface area contributed by atoms with Gasteiger partial charge in [-0.3, -0.25) is 4.79 Å². The highest BCUT2D eigenvalue weighted by Gasteiger charge is 2.37. The van der Waals surface area contributed by atoms with Gasteiger partial charge >= 0.3 is 0 Å². The molecular formula is C11H22N2O2. The normalized spacial score (nSPS) is 30.5. The molecule has 4 heteroatoms. The second-order valence-corrected chi connectivity index (χ2v) is 4.47. The first-order valence-corrected chi connectivity index (χ1v) is 5.71. The van der Waals surface area contributed by atoms with Crippen LogP contribution in [0.4, 0.5) is 0 Å². The van der Waals surface area contributed by atoms with Gasteiger partial charge in [0, 0.05) is 13.0 Å². The van der Waals surface area contributed by atoms with Crippen molar-refractivity contribution in [1.29, 1.82) is 0 Å². The molecule has 1 saturated heterocycles. The van der Waals surface area contributed by atoms with Crippen LogP contribution in [0.1, 0.15) is 39.5 Å². The third kappa shape index (κ3) is 3.47. The van der Waals surface area contributed by atoms with Crippen molar-refractivity contribution < 1.29 is 9.53 Å². The average Bonchev–Trinajstić information content (AvgIpc) is 2.47. The molecule has 1 rings (SSSR count). The third-order valence-corrected chi connectivity index (χ3v) is 3.17. The first kappa shape index (κ1) is 12.5. The summed E-state index contributed by atoms with van der Waals surface area (Å²) in [6.07, 6.45) is 3.36. The van der Waals surface area contributed by atoms with Crippen LogP contribution in [-0.4, -0.2) is 30.7 Å². The molecule has 88 valence electrons. The summed E-state index contributed by atoms with van der Waals surface area (Å²) in [6.45, 7) is 5.45. The monoisotopic (exact) mass is 214 g/mol. The van der Waals surface area contributed by atoms with Crippen LogP contribution in [0.5, 0.6) is 0 Å². The molecule has 0 spiro atoms. The number of amides is 1. The first-order valence-electron chi connectivity index (χ1n) is 5.71. The van der Waals surface area contributed by atoms with Gasteiger partial charge in [-0.15, -0.1) is 0 Å². The fourth-order valence-electron chi connectivity index (χ4n) is 1.81. The summed E-state index contributed by atoms with van der Waals surface area (Å²) in [7, 11) is 0. The van der Waals surface area contributed by atoms with Gasteiger partial charge in [0.15, 0.2) is 0 Å². The number of nitrogens with one attached hydrogen (secondary N) is 1. The average molecular weight is 214 g/mol. The van der Waals surface area contributed by atoms with Crippen LogP contribution in [0.15, 0.2) is 0 Å². The SMILES string of the molecule is CC1OCCC1(C)NC(=O)CCCCN. The lowest BCUT2D eigenvalue weighted by Crippen LogP contribution is -2.50. The zero-order valence-corrected chi connectivity index (χ0v) is 9.71. The number of ether oxygens (including phenoxy) is 1. The molecule has 2 atom stereocenters. The quantitative estimate of drug-likeness (QED) is 0.665. The van der Waals surface area contributed by atoms with Gasteiger partial charge < -0.3 is 15.8 Å². The smallest absolute Gasteiger partial charge is 0.220 e. The van der Waals surface area contributed by atoms with Gasteiger partial charge in [0.05, 0.1) is 11.6 Å². The van der Waals surface area contributed by atoms with E-state index in [4.69, 9.17) is 10.5 Å². The Morgan fingerprint density at radius 2 is 2.33 bits per heavy atom. The molecule has 2 unspecified atom stereocenters. The second-order valence-electron chi connectivity index (χ2n) is 4.47. The highest BCUT2D eigenvalue weighted by molar-refractivity contribution is 5.76. The van der Waals surface area contributed by atoms with E-state index in [1.54, 1.807) is 0 Å². The fourth-order valence-corrected chi connectivity index (χ4v) is 1.81. The highest BCUT2D eigenvalue weighted by atomic mass is 16.5. The minimum atomic E-state index is -0.181. The predicted octanol–water partition coefficient (Wildman–Crippen LogP) is 0.799. The van der Waals surface area contributed by atoms with Crippen molar-refractivity contribution in [3.8, 4) is 0 Å². The molecule has 1 aliphatic heterocycles. The summed E-state index contributed by atoms with van der Waals surface area (Å²) in [4.78, 5) is 11.6. The maximum Gasteiger partial charge on any atom is 0.220 e. The van der Waals surface area contributed by atoms with Gasteiger partial charge in [-0.05, 0) is 39.7 Å². The summed E-state index contributed by atoms with van der Waals surface area (Å²) in [5.41, 5.74) is 5.19. The zero-order valence-electron chi connectivity index (χ0n) is 9.71. The molecule has 0 bridgehead atoms. The Balaban J connectivity index is 2.30. The van der Waals surface area contributed by atoms with Crippen molar-refractivity contribution in [2.45, 2.75) is 51.2 Å². The molecule has 1 fully saturated rings. The van der Waals surface area contributed by atoms with Crippen LogP contribution in [0.2, 0.25) is 0 Å². The molecule has 0 aromatic carbocycles. The molecule has 1 amide bonds. The van der Waals surface area contributed by atoms with Crippen molar-refractivity contribution in [3.05, 3.63) is 0 Å². The number of rotatable bonds is 5. The van der Waals surface area contributed by atoms with Crippen LogP contribution >= 0.6 is 0 Å². The van der Waals surface area contributed by atoms with E-state index in [-0.39, 0.29) is 17.6 Å². The van der Waals surface area contributed by atoms with Crippen molar-refractivity contribution in [1.82, 2.24) is 5.32 Å². The number of hydrogen-bond donors (Lipinski definition) is 2. The lowest BCUT2D eigenvalue weighted by Gasteiger charge is -2.28. The van der Waals surface area contributed by atoms with Crippen LogP contribution in [-0.2, 0) is 9.53 Å². The van der Waals surface area contributed by atoms with Crippen molar-refractivity contribution in [3.63, 3.8) is 0 Å². The lowest BCUT2D eigenvalue weighted by atomic mass is 9.94. The minimum Gasteiger partial charge on any atom is -0.376 e. The highest BCUT2D eigenvalue weighted by Crippen LogP contribution is 2.25. The van der Waals surface area contributed by atoms with E-state index in [0.29, 0.717) is 13.0 Å². The Hall–Kier alpha value is -0.610. The Morgan fingerprint density at radius 1 is 1.60 bits per heavy atom. The summed E-state index contributed by atoms with van der Waals surface area (Å²) < 4.78 is 5.46. The standard InChI is InChI=1S/C11H22N2O2/c1-9-11(2,6-8-15-9)13-10(14)5-3-4-7-12/h9H,3-8,12H2,1-2H3,(H,13,14). The third-order valence-electron chi connectivity index (χ3n) is 3.17. The van der Waals surface area contributed by atoms with Crippen LogP contribution in [0.25, 0.3) is 0 Å². The second kappa shape index (κ2) is 5.47. The Bertz CT molecular complexity index is 221. The number of unbranched alkanes of at least 4 members (excludes halogenated alkanes) is 1. The van der Waals surface area contributed by atoms with Crippen LogP contribution in [0, 0.1) is 0 Å². The van der Waals surface area contributed by atoms with Gasteiger partial charge in [-0.1, -0.05) is 0 Å². The summed E-state index contributed by atoms with van der Waals surface area (Å²) in [5.74, 6) is 0.114. The molecule has 0 radical (unpaired) electrons. The lowest BCUT2D eigenvalue weighted by molar-refractivity contribution is -0.123. The first-order chi connectivity index (χ1) is 7.08. The van der Waals surface area contributed by atoms with E-state index < -0.39 is 0 Å². The molecule has 15 heavy (non-hydrogen) atoms. The fraction of sp³-hybridized carbons (Fsp3) is 0.909. The summed E-state index contributed by atoms with van der Waals surface area (Å²) in [5, 5.41) is 3.06. The van der Waals surface area contributed by atoms with Crippen molar-refractivity contribution in [2.75, 3.05) is 13.2 Å². The van der Waals surface area contributed by atoms with E-state index in [9.17, 15) is 4.79 Å². The van der Waals surface area contributed by atoms with Crippen LogP contribution < -0.4 is 11.1 Å². The molecule has 3 N–H and O–H groups in total. The molecule has 0 aromatic rings. The minimum absolute atomic E-state index is 0.107. The van der Waals surface area contributed by atoms with Gasteiger partial charge in [0.25, 0.3) is 0 Å². The van der Waals surface area contributed by atoms with Crippen LogP contribution in [0.3, 0.4) is 0 Å². The molecular weight excluding hydrogens is 192 g/mol. The molecule has 0 aromatic heterocycles. The largest absolute Gasteiger partial charge is 0.376 e. The maximum atomic E-state index is 11.6. The molecule has 1 aliphatic rings. The van der Waals surface area contributed by atoms with E-state index in [0.717, 1.165) is 25.9 Å². The Kier molecular flexibility index (Phi) is 4.54.